The van der Waals surface area contributed by atoms with Crippen LogP contribution in [0, 0.1) is 0 Å². The van der Waals surface area contributed by atoms with E-state index in [-0.39, 0.29) is 17.5 Å². The molecule has 1 saturated carbocycles. The lowest BCUT2D eigenvalue weighted by Gasteiger charge is -2.28. The van der Waals surface area contributed by atoms with Crippen LogP contribution < -0.4 is 21.3 Å². The number of hydrogen-bond donors (Lipinski definition) is 3. The molecule has 9 heteroatoms. The molecule has 0 bridgehead atoms. The number of amides is 2. The van der Waals surface area contributed by atoms with Crippen molar-refractivity contribution in [3.05, 3.63) is 36.0 Å². The molecule has 2 aromatic rings. The lowest BCUT2D eigenvalue weighted by Crippen LogP contribution is -2.42. The number of benzene rings is 1. The summed E-state index contributed by atoms with van der Waals surface area (Å²) in [4.78, 5) is 36.5. The number of aromatic nitrogens is 2. The molecule has 2 heterocycles. The molecular weight excluding hydrogens is 382 g/mol. The standard InChI is InChI=1S/C21H27N7O2/c1-27(2)20(30)17-4-3-11-28(17)15-9-7-14(8-10-15)25-21-23-12-16(18(22)29)19(26-21)24-13-5-6-13/h7-10,12-13,17H,3-6,11H2,1-2H3,(H2,22,29)(H2,23,24,25,26)/t17-/m0/s1. The SMILES string of the molecule is CN(C)C(=O)[C@@H]1CCCN1c1ccc(Nc2ncc(C(N)=O)c(NC3CC3)n2)cc1. The molecule has 0 spiro atoms. The van der Waals surface area contributed by atoms with Gasteiger partial charge in [-0.3, -0.25) is 9.59 Å². The van der Waals surface area contributed by atoms with E-state index in [1.807, 2.05) is 24.3 Å². The summed E-state index contributed by atoms with van der Waals surface area (Å²) in [7, 11) is 3.59. The Bertz CT molecular complexity index is 941. The summed E-state index contributed by atoms with van der Waals surface area (Å²) in [6.07, 6.45) is 5.42. The molecule has 158 valence electrons. The molecule has 1 saturated heterocycles. The van der Waals surface area contributed by atoms with Crippen molar-refractivity contribution >= 4 is 35.0 Å². The Hall–Kier alpha value is -3.36. The molecule has 1 aromatic carbocycles. The lowest BCUT2D eigenvalue weighted by molar-refractivity contribution is -0.129. The van der Waals surface area contributed by atoms with E-state index in [1.165, 1.54) is 6.20 Å². The predicted octanol–water partition coefficient (Wildman–Crippen LogP) is 1.95. The quantitative estimate of drug-likeness (QED) is 0.640. The fraction of sp³-hybridized carbons (Fsp3) is 0.429. The molecule has 1 aliphatic heterocycles. The van der Waals surface area contributed by atoms with Crippen LogP contribution in [0.15, 0.2) is 30.5 Å². The number of primary amides is 1. The highest BCUT2D eigenvalue weighted by atomic mass is 16.2. The smallest absolute Gasteiger partial charge is 0.254 e. The highest BCUT2D eigenvalue weighted by molar-refractivity contribution is 5.97. The van der Waals surface area contributed by atoms with Crippen molar-refractivity contribution in [2.45, 2.75) is 37.8 Å². The van der Waals surface area contributed by atoms with E-state index in [2.05, 4.69) is 25.5 Å². The van der Waals surface area contributed by atoms with Crippen LogP contribution in [0.3, 0.4) is 0 Å². The van der Waals surface area contributed by atoms with Gasteiger partial charge in [0.25, 0.3) is 5.91 Å². The molecule has 4 N–H and O–H groups in total. The molecule has 1 aromatic heterocycles. The minimum atomic E-state index is -0.554. The Morgan fingerprint density at radius 2 is 1.90 bits per heavy atom. The van der Waals surface area contributed by atoms with Crippen molar-refractivity contribution in [2.24, 2.45) is 5.73 Å². The molecule has 2 amide bonds. The monoisotopic (exact) mass is 409 g/mol. The Kier molecular flexibility index (Phi) is 5.43. The molecule has 1 atom stereocenters. The molecule has 30 heavy (non-hydrogen) atoms. The minimum absolute atomic E-state index is 0.112. The van der Waals surface area contributed by atoms with Crippen LogP contribution >= 0.6 is 0 Å². The zero-order valence-electron chi connectivity index (χ0n) is 17.3. The fourth-order valence-corrected chi connectivity index (χ4v) is 3.65. The van der Waals surface area contributed by atoms with Crippen LogP contribution in [-0.4, -0.2) is 59.4 Å². The van der Waals surface area contributed by atoms with E-state index in [0.29, 0.717) is 17.8 Å². The van der Waals surface area contributed by atoms with Crippen LogP contribution in [0.5, 0.6) is 0 Å². The summed E-state index contributed by atoms with van der Waals surface area (Å²) < 4.78 is 0. The highest BCUT2D eigenvalue weighted by Gasteiger charge is 2.31. The van der Waals surface area contributed by atoms with Crippen molar-refractivity contribution in [1.29, 1.82) is 0 Å². The van der Waals surface area contributed by atoms with E-state index in [4.69, 9.17) is 5.73 Å². The molecule has 4 rings (SSSR count). The largest absolute Gasteiger partial charge is 0.367 e. The summed E-state index contributed by atoms with van der Waals surface area (Å²) in [6.45, 7) is 0.866. The number of carbonyl (C=O) groups excluding carboxylic acids is 2. The first kappa shape index (κ1) is 19.9. The van der Waals surface area contributed by atoms with Crippen molar-refractivity contribution in [3.8, 4) is 0 Å². The van der Waals surface area contributed by atoms with Crippen molar-refractivity contribution in [1.82, 2.24) is 14.9 Å². The number of nitrogens with zero attached hydrogens (tertiary/aromatic N) is 4. The maximum Gasteiger partial charge on any atom is 0.254 e. The second-order valence-electron chi connectivity index (χ2n) is 7.99. The van der Waals surface area contributed by atoms with Crippen LogP contribution in [0.25, 0.3) is 0 Å². The van der Waals surface area contributed by atoms with Gasteiger partial charge in [-0.15, -0.1) is 0 Å². The van der Waals surface area contributed by atoms with Gasteiger partial charge in [-0.25, -0.2) is 4.98 Å². The zero-order chi connectivity index (χ0) is 21.3. The molecule has 0 radical (unpaired) electrons. The van der Waals surface area contributed by atoms with Gasteiger partial charge in [-0.2, -0.15) is 4.98 Å². The summed E-state index contributed by atoms with van der Waals surface area (Å²) in [6, 6.07) is 8.08. The zero-order valence-corrected chi connectivity index (χ0v) is 17.3. The average molecular weight is 409 g/mol. The average Bonchev–Trinajstić information content (AvgIpc) is 3.40. The van der Waals surface area contributed by atoms with E-state index < -0.39 is 5.91 Å². The number of nitrogens with two attached hydrogens (primary N) is 1. The van der Waals surface area contributed by atoms with Gasteiger partial charge >= 0.3 is 0 Å². The second kappa shape index (κ2) is 8.17. The second-order valence-corrected chi connectivity index (χ2v) is 7.99. The van der Waals surface area contributed by atoms with Gasteiger partial charge in [0, 0.05) is 44.3 Å². The normalized spacial score (nSPS) is 18.2. The molecule has 1 aliphatic carbocycles. The first-order chi connectivity index (χ1) is 14.4. The summed E-state index contributed by atoms with van der Waals surface area (Å²) in [5.74, 6) is 0.425. The Morgan fingerprint density at radius 1 is 1.17 bits per heavy atom. The summed E-state index contributed by atoms with van der Waals surface area (Å²) >= 11 is 0. The molecule has 2 aliphatic rings. The topological polar surface area (TPSA) is 116 Å². The van der Waals surface area contributed by atoms with Gasteiger partial charge in [-0.1, -0.05) is 0 Å². The van der Waals surface area contributed by atoms with E-state index >= 15 is 0 Å². The van der Waals surface area contributed by atoms with Crippen molar-refractivity contribution < 1.29 is 9.59 Å². The Labute approximate surface area is 175 Å². The van der Waals surface area contributed by atoms with Crippen molar-refractivity contribution in [3.63, 3.8) is 0 Å². The summed E-state index contributed by atoms with van der Waals surface area (Å²) in [5.41, 5.74) is 7.55. The fourth-order valence-electron chi connectivity index (χ4n) is 3.65. The van der Waals surface area contributed by atoms with Crippen LogP contribution in [0.4, 0.5) is 23.1 Å². The van der Waals surface area contributed by atoms with Gasteiger partial charge in [0.05, 0.1) is 5.56 Å². The molecule has 2 fully saturated rings. The lowest BCUT2D eigenvalue weighted by atomic mass is 10.2. The Morgan fingerprint density at radius 3 is 2.53 bits per heavy atom. The third-order valence-electron chi connectivity index (χ3n) is 5.41. The number of nitrogens with one attached hydrogen (secondary N) is 2. The first-order valence-electron chi connectivity index (χ1n) is 10.2. The van der Waals surface area contributed by atoms with Crippen LogP contribution in [0.2, 0.25) is 0 Å². The third-order valence-corrected chi connectivity index (χ3v) is 5.41. The van der Waals surface area contributed by atoms with Gasteiger partial charge in [0.15, 0.2) is 0 Å². The van der Waals surface area contributed by atoms with E-state index in [9.17, 15) is 9.59 Å². The number of carbonyl (C=O) groups is 2. The van der Waals surface area contributed by atoms with Gasteiger partial charge in [0.1, 0.15) is 11.9 Å². The molecule has 9 nitrogen and oxygen atoms in total. The van der Waals surface area contributed by atoms with E-state index in [0.717, 1.165) is 43.6 Å². The van der Waals surface area contributed by atoms with Gasteiger partial charge in [-0.05, 0) is 49.9 Å². The van der Waals surface area contributed by atoms with Crippen LogP contribution in [0.1, 0.15) is 36.0 Å². The number of likely N-dealkylation sites (N-methyl/N-ethyl adjacent to an activating group) is 1. The van der Waals surface area contributed by atoms with Gasteiger partial charge in [0.2, 0.25) is 11.9 Å². The minimum Gasteiger partial charge on any atom is -0.367 e. The molecule has 0 unspecified atom stereocenters. The van der Waals surface area contributed by atoms with E-state index in [1.54, 1.807) is 19.0 Å². The maximum absolute atomic E-state index is 12.4. The first-order valence-corrected chi connectivity index (χ1v) is 10.2. The summed E-state index contributed by atoms with van der Waals surface area (Å²) in [5, 5.41) is 6.39. The van der Waals surface area contributed by atoms with Gasteiger partial charge < -0.3 is 26.2 Å². The predicted molar refractivity (Wildman–Crippen MR) is 116 cm³/mol. The maximum atomic E-state index is 12.4. The number of anilines is 4. The van der Waals surface area contributed by atoms with Crippen molar-refractivity contribution in [2.75, 3.05) is 36.2 Å². The Balaban J connectivity index is 1.48. The third kappa shape index (κ3) is 4.29. The number of rotatable bonds is 7. The highest BCUT2D eigenvalue weighted by Crippen LogP contribution is 2.29. The number of hydrogen-bond acceptors (Lipinski definition) is 7. The molecular formula is C21H27N7O2. The van der Waals surface area contributed by atoms with Crippen LogP contribution in [-0.2, 0) is 4.79 Å².